The summed E-state index contributed by atoms with van der Waals surface area (Å²) >= 11 is 0. The lowest BCUT2D eigenvalue weighted by Gasteiger charge is -2.31. The maximum absolute atomic E-state index is 12.2. The van der Waals surface area contributed by atoms with Crippen LogP contribution >= 0.6 is 0 Å². The number of rotatable bonds is 5. The van der Waals surface area contributed by atoms with Crippen LogP contribution in [0.2, 0.25) is 0 Å². The van der Waals surface area contributed by atoms with Crippen LogP contribution in [0.15, 0.2) is 24.3 Å². The zero-order chi connectivity index (χ0) is 16.9. The van der Waals surface area contributed by atoms with Crippen LogP contribution in [0, 0.1) is 5.92 Å². The summed E-state index contributed by atoms with van der Waals surface area (Å²) in [6.45, 7) is 2.67. The molecule has 1 aromatic rings. The van der Waals surface area contributed by atoms with E-state index >= 15 is 0 Å². The number of nitrogens with one attached hydrogen (secondary N) is 1. The van der Waals surface area contributed by atoms with Gasteiger partial charge in [-0.1, -0.05) is 12.1 Å². The molecular weight excluding hydrogens is 309 g/mol. The molecule has 0 aromatic heterocycles. The molecule has 0 radical (unpaired) electrons. The number of amides is 1. The van der Waals surface area contributed by atoms with E-state index in [1.54, 1.807) is 18.2 Å². The maximum atomic E-state index is 12.2. The number of likely N-dealkylation sites (tertiary alicyclic amines) is 1. The van der Waals surface area contributed by atoms with Gasteiger partial charge in [0.2, 0.25) is 5.91 Å². The summed E-state index contributed by atoms with van der Waals surface area (Å²) < 4.78 is 36.5. The monoisotopic (exact) mass is 330 g/mol. The van der Waals surface area contributed by atoms with Crippen molar-refractivity contribution >= 4 is 11.6 Å². The van der Waals surface area contributed by atoms with Crippen molar-refractivity contribution in [3.05, 3.63) is 29.8 Å². The molecule has 0 spiro atoms. The Balaban J connectivity index is 1.88. The third-order valence-corrected chi connectivity index (χ3v) is 3.94. The van der Waals surface area contributed by atoms with E-state index in [2.05, 4.69) is 10.2 Å². The molecule has 4 nitrogen and oxygen atoms in total. The first kappa shape index (κ1) is 17.7. The average Bonchev–Trinajstić information content (AvgIpc) is 2.46. The fourth-order valence-corrected chi connectivity index (χ4v) is 2.72. The van der Waals surface area contributed by atoms with Crippen molar-refractivity contribution in [3.63, 3.8) is 0 Å². The number of aliphatic hydroxyl groups excluding tert-OH is 1. The van der Waals surface area contributed by atoms with E-state index in [9.17, 15) is 18.0 Å². The number of carbonyl (C=O) groups is 1. The molecule has 1 fully saturated rings. The number of anilines is 1. The van der Waals surface area contributed by atoms with Gasteiger partial charge in [0.15, 0.2) is 0 Å². The zero-order valence-corrected chi connectivity index (χ0v) is 12.8. The Bertz CT molecular complexity index is 526. The van der Waals surface area contributed by atoms with Gasteiger partial charge < -0.3 is 10.4 Å². The zero-order valence-electron chi connectivity index (χ0n) is 12.8. The number of piperidine rings is 1. The Kier molecular flexibility index (Phi) is 6.01. The van der Waals surface area contributed by atoms with E-state index in [-0.39, 0.29) is 6.61 Å². The van der Waals surface area contributed by atoms with E-state index in [1.807, 2.05) is 6.07 Å². The van der Waals surface area contributed by atoms with Crippen LogP contribution in [-0.2, 0) is 11.3 Å². The third-order valence-electron chi connectivity index (χ3n) is 3.94. The first-order valence-electron chi connectivity index (χ1n) is 7.64. The van der Waals surface area contributed by atoms with Gasteiger partial charge in [-0.15, -0.1) is 0 Å². The fourth-order valence-electron chi connectivity index (χ4n) is 2.72. The second-order valence-electron chi connectivity index (χ2n) is 5.94. The summed E-state index contributed by atoms with van der Waals surface area (Å²) in [7, 11) is 0. The van der Waals surface area contributed by atoms with Crippen LogP contribution in [0.5, 0.6) is 0 Å². The molecule has 0 saturated carbocycles. The van der Waals surface area contributed by atoms with Gasteiger partial charge in [-0.05, 0) is 49.5 Å². The smallest absolute Gasteiger partial charge is 0.396 e. The lowest BCUT2D eigenvalue weighted by atomic mass is 9.97. The molecular formula is C16H21F3N2O2. The topological polar surface area (TPSA) is 52.6 Å². The summed E-state index contributed by atoms with van der Waals surface area (Å²) in [5.41, 5.74) is 1.32. The van der Waals surface area contributed by atoms with Crippen LogP contribution in [0.3, 0.4) is 0 Å². The Morgan fingerprint density at radius 3 is 2.61 bits per heavy atom. The minimum atomic E-state index is -4.50. The van der Waals surface area contributed by atoms with Gasteiger partial charge in [-0.25, -0.2) is 0 Å². The van der Waals surface area contributed by atoms with Crippen LogP contribution in [-0.4, -0.2) is 41.8 Å². The van der Waals surface area contributed by atoms with E-state index in [1.165, 1.54) is 0 Å². The van der Waals surface area contributed by atoms with E-state index < -0.39 is 18.5 Å². The number of alkyl halides is 3. The number of hydrogen-bond donors (Lipinski definition) is 2. The van der Waals surface area contributed by atoms with E-state index in [0.29, 0.717) is 18.2 Å². The van der Waals surface area contributed by atoms with Crippen molar-refractivity contribution in [1.29, 1.82) is 0 Å². The summed E-state index contributed by atoms with van der Waals surface area (Å²) in [5, 5.41) is 11.4. The average molecular weight is 330 g/mol. The number of hydrogen-bond acceptors (Lipinski definition) is 3. The predicted molar refractivity (Wildman–Crippen MR) is 80.8 cm³/mol. The quantitative estimate of drug-likeness (QED) is 0.873. The molecule has 1 aliphatic heterocycles. The molecule has 0 atom stereocenters. The maximum Gasteiger partial charge on any atom is 0.397 e. The van der Waals surface area contributed by atoms with Crippen LogP contribution in [0.4, 0.5) is 18.9 Å². The summed E-state index contributed by atoms with van der Waals surface area (Å²) in [6.07, 6.45) is -4.10. The first-order chi connectivity index (χ1) is 10.9. The molecule has 7 heteroatoms. The van der Waals surface area contributed by atoms with Crippen molar-refractivity contribution in [2.24, 2.45) is 5.92 Å². The van der Waals surface area contributed by atoms with Gasteiger partial charge in [-0.3, -0.25) is 9.69 Å². The molecule has 0 bridgehead atoms. The predicted octanol–water partition coefficient (Wildman–Crippen LogP) is 2.78. The van der Waals surface area contributed by atoms with Crippen molar-refractivity contribution in [2.75, 3.05) is 25.0 Å². The molecule has 2 N–H and O–H groups in total. The molecule has 0 unspecified atom stereocenters. The Morgan fingerprint density at radius 2 is 2.00 bits per heavy atom. The van der Waals surface area contributed by atoms with Gasteiger partial charge in [-0.2, -0.15) is 13.2 Å². The highest BCUT2D eigenvalue weighted by molar-refractivity contribution is 5.91. The van der Waals surface area contributed by atoms with Crippen LogP contribution in [0.1, 0.15) is 24.8 Å². The summed E-state index contributed by atoms with van der Waals surface area (Å²) in [6, 6.07) is 6.89. The van der Waals surface area contributed by atoms with Gasteiger partial charge >= 0.3 is 6.18 Å². The molecule has 0 aliphatic carbocycles. The van der Waals surface area contributed by atoms with E-state index in [0.717, 1.165) is 31.5 Å². The Hall–Kier alpha value is -1.60. The molecule has 128 valence electrons. The molecule has 1 saturated heterocycles. The lowest BCUT2D eigenvalue weighted by molar-refractivity contribution is -0.150. The van der Waals surface area contributed by atoms with Crippen molar-refractivity contribution in [1.82, 2.24) is 4.90 Å². The summed E-state index contributed by atoms with van der Waals surface area (Å²) in [4.78, 5) is 13.6. The highest BCUT2D eigenvalue weighted by Gasteiger charge is 2.31. The fraction of sp³-hybridized carbons (Fsp3) is 0.562. The summed E-state index contributed by atoms with van der Waals surface area (Å²) in [5.74, 6) is -0.697. The standard InChI is InChI=1S/C16H21F3N2O2/c17-16(18,19)9-15(23)20-14-3-1-2-13(8-14)10-21-6-4-12(11-22)5-7-21/h1-3,8,12,22H,4-7,9-11H2,(H,20,23). The minimum absolute atomic E-state index is 0.217. The Labute approximate surface area is 133 Å². The largest absolute Gasteiger partial charge is 0.397 e. The molecule has 1 aliphatic rings. The molecule has 1 aromatic carbocycles. The first-order valence-corrected chi connectivity index (χ1v) is 7.64. The van der Waals surface area contributed by atoms with Crippen molar-refractivity contribution in [3.8, 4) is 0 Å². The van der Waals surface area contributed by atoms with Gasteiger partial charge in [0.25, 0.3) is 0 Å². The highest BCUT2D eigenvalue weighted by atomic mass is 19.4. The molecule has 23 heavy (non-hydrogen) atoms. The number of carbonyl (C=O) groups excluding carboxylic acids is 1. The molecule has 1 heterocycles. The van der Waals surface area contributed by atoms with Gasteiger partial charge in [0.1, 0.15) is 6.42 Å². The number of aliphatic hydroxyl groups is 1. The van der Waals surface area contributed by atoms with Gasteiger partial charge in [0.05, 0.1) is 0 Å². The van der Waals surface area contributed by atoms with Gasteiger partial charge in [0, 0.05) is 18.8 Å². The minimum Gasteiger partial charge on any atom is -0.396 e. The second kappa shape index (κ2) is 7.79. The van der Waals surface area contributed by atoms with Crippen molar-refractivity contribution < 1.29 is 23.1 Å². The lowest BCUT2D eigenvalue weighted by Crippen LogP contribution is -2.34. The number of halogens is 3. The van der Waals surface area contributed by atoms with Crippen LogP contribution < -0.4 is 5.32 Å². The molecule has 2 rings (SSSR count). The Morgan fingerprint density at radius 1 is 1.30 bits per heavy atom. The molecule has 1 amide bonds. The normalized spacial score (nSPS) is 17.2. The SMILES string of the molecule is O=C(CC(F)(F)F)Nc1cccc(CN2CCC(CO)CC2)c1. The highest BCUT2D eigenvalue weighted by Crippen LogP contribution is 2.22. The number of benzene rings is 1. The second-order valence-corrected chi connectivity index (χ2v) is 5.94. The van der Waals surface area contributed by atoms with E-state index in [4.69, 9.17) is 5.11 Å². The number of nitrogens with zero attached hydrogens (tertiary/aromatic N) is 1. The van der Waals surface area contributed by atoms with Crippen LogP contribution in [0.25, 0.3) is 0 Å². The third kappa shape index (κ3) is 6.19. The van der Waals surface area contributed by atoms with Crippen molar-refractivity contribution in [2.45, 2.75) is 32.0 Å².